The van der Waals surface area contributed by atoms with Crippen LogP contribution in [0, 0.1) is 0 Å². The molecule has 4 heteroatoms. The number of para-hydroxylation sites is 1. The van der Waals surface area contributed by atoms with E-state index in [1.165, 1.54) is 6.92 Å². The van der Waals surface area contributed by atoms with E-state index >= 15 is 0 Å². The van der Waals surface area contributed by atoms with Crippen LogP contribution in [0.25, 0.3) is 0 Å². The zero-order chi connectivity index (χ0) is 11.7. The number of ketones is 1. The summed E-state index contributed by atoms with van der Waals surface area (Å²) in [4.78, 5) is 22.9. The third-order valence-corrected chi connectivity index (χ3v) is 2.82. The van der Waals surface area contributed by atoms with E-state index in [0.717, 1.165) is 5.69 Å². The molecule has 1 aromatic rings. The summed E-state index contributed by atoms with van der Waals surface area (Å²) in [5.74, 6) is 0.0988. The van der Waals surface area contributed by atoms with Crippen molar-refractivity contribution in [2.24, 2.45) is 0 Å². The van der Waals surface area contributed by atoms with E-state index < -0.39 is 0 Å². The van der Waals surface area contributed by atoms with Crippen LogP contribution in [0.5, 0.6) is 0 Å². The van der Waals surface area contributed by atoms with Crippen molar-refractivity contribution in [3.8, 4) is 0 Å². The second-order valence-corrected chi connectivity index (χ2v) is 3.86. The molecule has 0 N–H and O–H groups in total. The van der Waals surface area contributed by atoms with Gasteiger partial charge >= 0.3 is 0 Å². The summed E-state index contributed by atoms with van der Waals surface area (Å²) in [6.07, 6.45) is 0.503. The van der Waals surface area contributed by atoms with Crippen molar-refractivity contribution >= 4 is 17.4 Å². The fourth-order valence-corrected chi connectivity index (χ4v) is 1.93. The smallest absolute Gasteiger partial charge is 0.242 e. The van der Waals surface area contributed by atoms with Crippen molar-refractivity contribution in [3.05, 3.63) is 29.8 Å². The molecule has 1 saturated heterocycles. The maximum atomic E-state index is 11.5. The van der Waals surface area contributed by atoms with Gasteiger partial charge in [0.2, 0.25) is 5.91 Å². The number of carbonyl (C=O) groups excluding carboxylic acids is 2. The van der Waals surface area contributed by atoms with Crippen molar-refractivity contribution in [2.75, 3.05) is 18.6 Å². The molecule has 1 heterocycles. The number of benzene rings is 1. The van der Waals surface area contributed by atoms with Crippen LogP contribution >= 0.6 is 0 Å². The molecule has 0 atom stereocenters. The minimum absolute atomic E-state index is 0.0170. The Labute approximate surface area is 94.4 Å². The van der Waals surface area contributed by atoms with Gasteiger partial charge < -0.3 is 0 Å². The van der Waals surface area contributed by atoms with Gasteiger partial charge in [0.25, 0.3) is 0 Å². The number of amides is 1. The molecular formula is C12H14N2O2. The molecular weight excluding hydrogens is 204 g/mol. The highest BCUT2D eigenvalue weighted by Crippen LogP contribution is 2.25. The summed E-state index contributed by atoms with van der Waals surface area (Å²) in [5, 5.41) is 3.42. The second-order valence-electron chi connectivity index (χ2n) is 3.86. The number of nitrogens with zero attached hydrogens (tertiary/aromatic N) is 2. The van der Waals surface area contributed by atoms with Crippen molar-refractivity contribution in [2.45, 2.75) is 13.3 Å². The monoisotopic (exact) mass is 218 g/mol. The van der Waals surface area contributed by atoms with Crippen LogP contribution < -0.4 is 5.01 Å². The number of hydrazine groups is 1. The van der Waals surface area contributed by atoms with Crippen LogP contribution in [-0.4, -0.2) is 30.3 Å². The van der Waals surface area contributed by atoms with Gasteiger partial charge in [-0.25, -0.2) is 0 Å². The highest BCUT2D eigenvalue weighted by molar-refractivity contribution is 6.00. The maximum Gasteiger partial charge on any atom is 0.242 e. The SMILES string of the molecule is CC(=O)c1ccccc1N1CCC(=O)N1C. The lowest BCUT2D eigenvalue weighted by atomic mass is 10.1. The number of anilines is 1. The molecule has 4 nitrogen and oxygen atoms in total. The van der Waals surface area contributed by atoms with Gasteiger partial charge in [-0.15, -0.1) is 0 Å². The maximum absolute atomic E-state index is 11.5. The van der Waals surface area contributed by atoms with Gasteiger partial charge in [0.15, 0.2) is 5.78 Å². The second kappa shape index (κ2) is 3.96. The van der Waals surface area contributed by atoms with E-state index in [-0.39, 0.29) is 11.7 Å². The van der Waals surface area contributed by atoms with Crippen LogP contribution in [0.2, 0.25) is 0 Å². The van der Waals surface area contributed by atoms with E-state index in [1.807, 2.05) is 23.2 Å². The topological polar surface area (TPSA) is 40.6 Å². The van der Waals surface area contributed by atoms with Crippen molar-refractivity contribution < 1.29 is 9.59 Å². The lowest BCUT2D eigenvalue weighted by Crippen LogP contribution is -2.36. The molecule has 0 saturated carbocycles. The summed E-state index contributed by atoms with van der Waals surface area (Å²) < 4.78 is 0. The van der Waals surface area contributed by atoms with Crippen LogP contribution in [0.1, 0.15) is 23.7 Å². The quantitative estimate of drug-likeness (QED) is 0.706. The molecule has 1 amide bonds. The Morgan fingerprint density at radius 3 is 2.56 bits per heavy atom. The minimum atomic E-state index is 0.0170. The first-order valence-electron chi connectivity index (χ1n) is 5.25. The molecule has 0 spiro atoms. The Kier molecular flexibility index (Phi) is 2.64. The first-order chi connectivity index (χ1) is 7.61. The zero-order valence-electron chi connectivity index (χ0n) is 9.43. The molecule has 1 aliphatic rings. The van der Waals surface area contributed by atoms with E-state index in [4.69, 9.17) is 0 Å². The van der Waals surface area contributed by atoms with E-state index in [0.29, 0.717) is 18.5 Å². The molecule has 16 heavy (non-hydrogen) atoms. The molecule has 0 aliphatic carbocycles. The summed E-state index contributed by atoms with van der Waals surface area (Å²) in [6, 6.07) is 7.36. The fourth-order valence-electron chi connectivity index (χ4n) is 1.93. The first-order valence-corrected chi connectivity index (χ1v) is 5.25. The average molecular weight is 218 g/mol. The molecule has 0 aromatic heterocycles. The number of hydrogen-bond acceptors (Lipinski definition) is 3. The first kappa shape index (κ1) is 10.7. The summed E-state index contributed by atoms with van der Waals surface area (Å²) in [6.45, 7) is 2.18. The Morgan fingerprint density at radius 2 is 2.00 bits per heavy atom. The standard InChI is InChI=1S/C12H14N2O2/c1-9(15)10-5-3-4-6-11(10)14-8-7-12(16)13(14)2/h3-6H,7-8H2,1-2H3. The Morgan fingerprint density at radius 1 is 1.31 bits per heavy atom. The van der Waals surface area contributed by atoms with Gasteiger partial charge in [0, 0.05) is 25.6 Å². The summed E-state index contributed by atoms with van der Waals surface area (Å²) in [5.41, 5.74) is 1.47. The van der Waals surface area contributed by atoms with Gasteiger partial charge in [-0.1, -0.05) is 12.1 Å². The lowest BCUT2D eigenvalue weighted by Gasteiger charge is -2.27. The fraction of sp³-hybridized carbons (Fsp3) is 0.333. The van der Waals surface area contributed by atoms with Gasteiger partial charge in [-0.3, -0.25) is 19.6 Å². The van der Waals surface area contributed by atoms with E-state index in [1.54, 1.807) is 18.1 Å². The third-order valence-electron chi connectivity index (χ3n) is 2.82. The van der Waals surface area contributed by atoms with Crippen LogP contribution in [0.3, 0.4) is 0 Å². The van der Waals surface area contributed by atoms with Crippen LogP contribution in [-0.2, 0) is 4.79 Å². The molecule has 1 aliphatic heterocycles. The lowest BCUT2D eigenvalue weighted by molar-refractivity contribution is -0.126. The van der Waals surface area contributed by atoms with Crippen molar-refractivity contribution in [1.29, 1.82) is 0 Å². The predicted octanol–water partition coefficient (Wildman–Crippen LogP) is 1.47. The van der Waals surface area contributed by atoms with Crippen LogP contribution in [0.4, 0.5) is 5.69 Å². The molecule has 1 fully saturated rings. The van der Waals surface area contributed by atoms with E-state index in [9.17, 15) is 9.59 Å². The number of Topliss-reactive ketones (excluding diaryl/α,β-unsaturated/α-hetero) is 1. The average Bonchev–Trinajstić information content (AvgIpc) is 2.60. The Bertz CT molecular complexity index is 442. The van der Waals surface area contributed by atoms with Crippen molar-refractivity contribution in [1.82, 2.24) is 5.01 Å². The van der Waals surface area contributed by atoms with Gasteiger partial charge in [-0.2, -0.15) is 0 Å². The summed E-state index contributed by atoms with van der Waals surface area (Å²) in [7, 11) is 1.73. The zero-order valence-corrected chi connectivity index (χ0v) is 9.43. The molecule has 2 rings (SSSR count). The molecule has 0 unspecified atom stereocenters. The van der Waals surface area contributed by atoms with Gasteiger partial charge in [0.05, 0.1) is 5.69 Å². The number of carbonyl (C=O) groups is 2. The highest BCUT2D eigenvalue weighted by atomic mass is 16.2. The molecule has 0 radical (unpaired) electrons. The summed E-state index contributed by atoms with van der Waals surface area (Å²) >= 11 is 0. The van der Waals surface area contributed by atoms with Crippen molar-refractivity contribution in [3.63, 3.8) is 0 Å². The largest absolute Gasteiger partial charge is 0.294 e. The molecule has 84 valence electrons. The van der Waals surface area contributed by atoms with E-state index in [2.05, 4.69) is 0 Å². The Hall–Kier alpha value is -1.84. The minimum Gasteiger partial charge on any atom is -0.294 e. The number of rotatable bonds is 2. The third kappa shape index (κ3) is 1.66. The van der Waals surface area contributed by atoms with Gasteiger partial charge in [-0.05, 0) is 19.1 Å². The Balaban J connectivity index is 2.41. The predicted molar refractivity (Wildman–Crippen MR) is 61.2 cm³/mol. The highest BCUT2D eigenvalue weighted by Gasteiger charge is 2.27. The molecule has 0 bridgehead atoms. The van der Waals surface area contributed by atoms with Gasteiger partial charge in [0.1, 0.15) is 0 Å². The number of hydrogen-bond donors (Lipinski definition) is 0. The normalized spacial score (nSPS) is 15.8. The molecule has 1 aromatic carbocycles. The van der Waals surface area contributed by atoms with Crippen LogP contribution in [0.15, 0.2) is 24.3 Å².